The molecule has 0 bridgehead atoms. The quantitative estimate of drug-likeness (QED) is 0.159. The lowest BCUT2D eigenvalue weighted by Gasteiger charge is -2.22. The Kier molecular flexibility index (Phi) is 5.63. The van der Waals surface area contributed by atoms with Gasteiger partial charge in [0.25, 0.3) is 0 Å². The van der Waals surface area contributed by atoms with E-state index in [1.807, 2.05) is 0 Å². The van der Waals surface area contributed by atoms with Gasteiger partial charge in [-0.05, 0) is 70.1 Å². The van der Waals surface area contributed by atoms with E-state index in [4.69, 9.17) is 9.98 Å². The van der Waals surface area contributed by atoms with E-state index < -0.39 is 0 Å². The van der Waals surface area contributed by atoms with Crippen LogP contribution in [0.1, 0.15) is 11.1 Å². The molecule has 8 aromatic carbocycles. The molecule has 1 aliphatic rings. The molecule has 0 fully saturated rings. The summed E-state index contributed by atoms with van der Waals surface area (Å²) in [6.45, 7) is 0. The lowest BCUT2D eigenvalue weighted by atomic mass is 10.0. The van der Waals surface area contributed by atoms with Crippen molar-refractivity contribution in [1.29, 1.82) is 0 Å². The largest absolute Gasteiger partial charge is 0.293 e. The van der Waals surface area contributed by atoms with E-state index in [0.29, 0.717) is 0 Å². The summed E-state index contributed by atoms with van der Waals surface area (Å²) in [5.41, 5.74) is 8.16. The first kappa shape index (κ1) is 27.2. The molecule has 4 heteroatoms. The molecule has 50 heavy (non-hydrogen) atoms. The first-order chi connectivity index (χ1) is 24.8. The molecule has 0 spiro atoms. The Morgan fingerprint density at radius 1 is 0.300 bits per heavy atom. The molecule has 1 aliphatic heterocycles. The van der Waals surface area contributed by atoms with Crippen molar-refractivity contribution in [2.75, 3.05) is 0 Å². The Hall–Kier alpha value is -6.78. The van der Waals surface area contributed by atoms with Gasteiger partial charge in [0.2, 0.25) is 0 Å². The van der Waals surface area contributed by atoms with E-state index in [0.717, 1.165) is 77.8 Å². The van der Waals surface area contributed by atoms with Crippen molar-refractivity contribution in [3.05, 3.63) is 181 Å². The smallest absolute Gasteiger partial charge is 0.147 e. The van der Waals surface area contributed by atoms with Crippen LogP contribution in [0.3, 0.4) is 0 Å². The second kappa shape index (κ2) is 10.4. The molecule has 4 nitrogen and oxygen atoms in total. The normalized spacial score (nSPS) is 15.1. The van der Waals surface area contributed by atoms with Gasteiger partial charge in [-0.3, -0.25) is 9.13 Å². The number of para-hydroxylation sites is 4. The zero-order chi connectivity index (χ0) is 32.8. The summed E-state index contributed by atoms with van der Waals surface area (Å²) in [5.74, 6) is 1.70. The standard InChI is InChI=1S/C46H28N4/c1-3-15-31-27-39-37(25-29(31)13-1)45(49-41-21-9-5-17-33(41)34-18-6-10-22-42(34)49)48-40-28-32-16-4-2-14-30(32)26-38(40)46(47-39)50-43-23-11-7-19-35(43)36-20-8-12-24-44(36)50/h1-28H/b45-37?,46-38?,47-39?,47-46+,48-40?,48-45+. The van der Waals surface area contributed by atoms with E-state index in [9.17, 15) is 0 Å². The van der Waals surface area contributed by atoms with Crippen LogP contribution in [0, 0.1) is 0 Å². The molecule has 0 N–H and O–H groups in total. The Morgan fingerprint density at radius 2 is 0.580 bits per heavy atom. The van der Waals surface area contributed by atoms with Gasteiger partial charge < -0.3 is 0 Å². The maximum absolute atomic E-state index is 5.75. The summed E-state index contributed by atoms with van der Waals surface area (Å²) in [6, 6.07) is 60.6. The second-order valence-electron chi connectivity index (χ2n) is 13.0. The highest BCUT2D eigenvalue weighted by Gasteiger charge is 2.26. The summed E-state index contributed by atoms with van der Waals surface area (Å²) < 4.78 is 4.66. The number of aromatic nitrogens is 2. The highest BCUT2D eigenvalue weighted by atomic mass is 15.1. The first-order valence-electron chi connectivity index (χ1n) is 17.0. The number of fused-ring (bicyclic) bond motifs is 10. The predicted molar refractivity (Wildman–Crippen MR) is 210 cm³/mol. The summed E-state index contributed by atoms with van der Waals surface area (Å²) in [4.78, 5) is 11.5. The number of aliphatic imine (C=N–C) groups is 2. The fraction of sp³-hybridized carbons (Fsp3) is 0. The third kappa shape index (κ3) is 3.87. The number of hydrogen-bond acceptors (Lipinski definition) is 2. The van der Waals surface area contributed by atoms with E-state index in [1.165, 1.54) is 21.5 Å². The fourth-order valence-corrected chi connectivity index (χ4v) is 7.99. The van der Waals surface area contributed by atoms with Crippen LogP contribution in [0.5, 0.6) is 0 Å². The summed E-state index contributed by atoms with van der Waals surface area (Å²) >= 11 is 0. The molecule has 0 unspecified atom stereocenters. The molecule has 0 aliphatic carbocycles. The first-order valence-corrected chi connectivity index (χ1v) is 17.0. The lowest BCUT2D eigenvalue weighted by Crippen LogP contribution is -2.19. The maximum Gasteiger partial charge on any atom is 0.147 e. The van der Waals surface area contributed by atoms with Crippen LogP contribution in [0.25, 0.3) is 65.2 Å². The molecule has 10 aromatic rings. The van der Waals surface area contributed by atoms with Gasteiger partial charge >= 0.3 is 0 Å². The Labute approximate surface area is 287 Å². The zero-order valence-corrected chi connectivity index (χ0v) is 27.0. The molecular formula is C46H28N4. The van der Waals surface area contributed by atoms with Gasteiger partial charge in [0, 0.05) is 32.7 Å². The molecule has 2 aromatic heterocycles. The van der Waals surface area contributed by atoms with E-state index in [-0.39, 0.29) is 0 Å². The molecule has 0 radical (unpaired) electrons. The van der Waals surface area contributed by atoms with Crippen LogP contribution in [-0.4, -0.2) is 20.8 Å². The molecule has 0 amide bonds. The monoisotopic (exact) mass is 636 g/mol. The van der Waals surface area contributed by atoms with Crippen molar-refractivity contribution in [2.45, 2.75) is 0 Å². The molecule has 11 rings (SSSR count). The van der Waals surface area contributed by atoms with Gasteiger partial charge in [-0.1, -0.05) is 121 Å². The molecular weight excluding hydrogens is 609 g/mol. The van der Waals surface area contributed by atoms with Crippen LogP contribution < -0.4 is 0 Å². The second-order valence-corrected chi connectivity index (χ2v) is 13.0. The minimum absolute atomic E-state index is 0.852. The van der Waals surface area contributed by atoms with Crippen LogP contribution in [0.2, 0.25) is 0 Å². The zero-order valence-electron chi connectivity index (χ0n) is 27.0. The van der Waals surface area contributed by atoms with Crippen LogP contribution in [0.15, 0.2) is 180 Å². The van der Waals surface area contributed by atoms with E-state index >= 15 is 0 Å². The van der Waals surface area contributed by atoms with Crippen molar-refractivity contribution in [1.82, 2.24) is 9.13 Å². The van der Waals surface area contributed by atoms with Gasteiger partial charge in [-0.15, -0.1) is 0 Å². The average Bonchev–Trinajstić information content (AvgIpc) is 3.68. The average molecular weight is 637 g/mol. The molecule has 232 valence electrons. The molecule has 0 saturated heterocycles. The van der Waals surface area contributed by atoms with Crippen LogP contribution in [-0.2, 0) is 0 Å². The van der Waals surface area contributed by atoms with E-state index in [1.54, 1.807) is 0 Å². The summed E-state index contributed by atoms with van der Waals surface area (Å²) in [6.07, 6.45) is 0. The summed E-state index contributed by atoms with van der Waals surface area (Å²) in [5, 5.41) is 9.36. The van der Waals surface area contributed by atoms with Gasteiger partial charge in [0.1, 0.15) is 11.7 Å². The van der Waals surface area contributed by atoms with Crippen molar-refractivity contribution < 1.29 is 0 Å². The van der Waals surface area contributed by atoms with Crippen LogP contribution >= 0.6 is 0 Å². The Balaban J connectivity index is 1.34. The number of rotatable bonds is 0. The highest BCUT2D eigenvalue weighted by Crippen LogP contribution is 2.40. The Morgan fingerprint density at radius 3 is 0.920 bits per heavy atom. The van der Waals surface area contributed by atoms with Crippen molar-refractivity contribution in [2.24, 2.45) is 9.98 Å². The fourth-order valence-electron chi connectivity index (χ4n) is 7.99. The van der Waals surface area contributed by atoms with Gasteiger partial charge in [0.05, 0.1) is 33.4 Å². The van der Waals surface area contributed by atoms with Gasteiger partial charge in [-0.25, -0.2) is 9.98 Å². The highest BCUT2D eigenvalue weighted by molar-refractivity contribution is 6.24. The van der Waals surface area contributed by atoms with Gasteiger partial charge in [0.15, 0.2) is 0 Å². The predicted octanol–water partition coefficient (Wildman–Crippen LogP) is 11.8. The minimum Gasteiger partial charge on any atom is -0.293 e. The molecule has 0 atom stereocenters. The van der Waals surface area contributed by atoms with Crippen molar-refractivity contribution in [3.63, 3.8) is 0 Å². The lowest BCUT2D eigenvalue weighted by molar-refractivity contribution is 1.21. The third-order valence-corrected chi connectivity index (χ3v) is 10.2. The van der Waals surface area contributed by atoms with Crippen molar-refractivity contribution >= 4 is 88.2 Å². The third-order valence-electron chi connectivity index (χ3n) is 10.2. The maximum atomic E-state index is 5.75. The Bertz CT molecular complexity index is 2780. The van der Waals surface area contributed by atoms with Crippen LogP contribution in [0.4, 0.5) is 11.4 Å². The number of nitrogens with zero attached hydrogens (tertiary/aromatic N) is 4. The molecule has 0 saturated carbocycles. The molecule has 3 heterocycles. The van der Waals surface area contributed by atoms with Gasteiger partial charge in [-0.2, -0.15) is 0 Å². The number of hydrogen-bond donors (Lipinski definition) is 0. The summed E-state index contributed by atoms with van der Waals surface area (Å²) in [7, 11) is 0. The van der Waals surface area contributed by atoms with E-state index in [2.05, 4.69) is 179 Å². The SMILES string of the molecule is c1ccc2cc3c(cc2c1)/N=C(/n1c2ccccc2c2ccccc21)c1cc2ccccc2cc1/N=C\3n1c2ccccc2c2ccccc21. The minimum atomic E-state index is 0.852. The topological polar surface area (TPSA) is 34.6 Å². The van der Waals surface area contributed by atoms with Crippen molar-refractivity contribution in [3.8, 4) is 0 Å². The number of benzene rings is 8.